The molecule has 0 bridgehead atoms. The number of anilines is 1. The summed E-state index contributed by atoms with van der Waals surface area (Å²) in [5.74, 6) is -2.76. The Hall–Kier alpha value is -3.26. The smallest absolute Gasteiger partial charge is 0.353 e. The number of fused-ring (bicyclic) bond motifs is 1. The number of thioether (sulfide) groups is 2. The second kappa shape index (κ2) is 10.6. The number of carbonyl (C=O) groups excluding carboxylic acids is 3. The summed E-state index contributed by atoms with van der Waals surface area (Å²) in [6.45, 7) is 4.52. The van der Waals surface area contributed by atoms with E-state index in [1.165, 1.54) is 40.6 Å². The molecule has 2 aliphatic heterocycles. The Morgan fingerprint density at radius 1 is 1.37 bits per heavy atom. The quantitative estimate of drug-likeness (QED) is 0.190. The van der Waals surface area contributed by atoms with Gasteiger partial charge in [0.2, 0.25) is 6.61 Å². The van der Waals surface area contributed by atoms with Gasteiger partial charge in [0.25, 0.3) is 11.8 Å². The van der Waals surface area contributed by atoms with Gasteiger partial charge in [-0.1, -0.05) is 11.2 Å². The fourth-order valence-electron chi connectivity index (χ4n) is 3.27. The predicted octanol–water partition coefficient (Wildman–Crippen LogP) is 0.785. The standard InChI is InChI=1S/C21H25N5O7S2/c1-21(2,3)33-13(27)8-32-25-14(10-6-5-7-12(22)23-10)17(28)24-15-18(29)26-16(20(30)31)11(34-4)9-35-19(15)26/h5-7,15,19H,8-9H2,1-4H3,(H2,22,23)(H,24,28)(H,30,31)/b25-14+/t15?,19-/m1/s1. The Bertz CT molecular complexity index is 1120. The number of β-lactam (4-membered cyclic amide) rings is 1. The lowest BCUT2D eigenvalue weighted by Gasteiger charge is -2.49. The summed E-state index contributed by atoms with van der Waals surface area (Å²) in [6, 6.07) is 3.54. The molecule has 1 fully saturated rings. The van der Waals surface area contributed by atoms with Gasteiger partial charge in [-0.15, -0.1) is 23.5 Å². The van der Waals surface area contributed by atoms with E-state index in [-0.39, 0.29) is 22.9 Å². The minimum absolute atomic E-state index is 0.0578. The Morgan fingerprint density at radius 3 is 2.69 bits per heavy atom. The molecular formula is C21H25N5O7S2. The molecule has 1 aromatic heterocycles. The zero-order chi connectivity index (χ0) is 25.9. The lowest BCUT2D eigenvalue weighted by atomic mass is 10.0. The van der Waals surface area contributed by atoms with E-state index in [0.29, 0.717) is 10.7 Å². The third-order valence-electron chi connectivity index (χ3n) is 4.66. The van der Waals surface area contributed by atoms with Crippen LogP contribution in [0.15, 0.2) is 34.0 Å². The first-order chi connectivity index (χ1) is 16.4. The number of rotatable bonds is 8. The van der Waals surface area contributed by atoms with Crippen LogP contribution in [0.5, 0.6) is 0 Å². The third-order valence-corrected chi connectivity index (χ3v) is 6.95. The van der Waals surface area contributed by atoms with Crippen molar-refractivity contribution in [3.63, 3.8) is 0 Å². The molecule has 1 aromatic rings. The van der Waals surface area contributed by atoms with Gasteiger partial charge in [-0.3, -0.25) is 14.5 Å². The number of pyridine rings is 1. The van der Waals surface area contributed by atoms with Gasteiger partial charge in [0.1, 0.15) is 34.2 Å². The molecule has 3 heterocycles. The van der Waals surface area contributed by atoms with Crippen molar-refractivity contribution in [1.82, 2.24) is 15.2 Å². The van der Waals surface area contributed by atoms with Crippen LogP contribution in [-0.2, 0) is 28.8 Å². The summed E-state index contributed by atoms with van der Waals surface area (Å²) in [6.07, 6.45) is 1.74. The SMILES string of the molecule is CSC1=C(C(=O)O)N2C(=O)C(NC(=O)/C(=N/OCC(=O)OC(C)(C)C)c3cccc(N)n3)[C@H]2SC1. The summed E-state index contributed by atoms with van der Waals surface area (Å²) in [5.41, 5.74) is 4.66. The van der Waals surface area contributed by atoms with Crippen LogP contribution >= 0.6 is 23.5 Å². The van der Waals surface area contributed by atoms with Gasteiger partial charge in [-0.25, -0.2) is 14.6 Å². The molecule has 1 saturated heterocycles. The first-order valence-corrected chi connectivity index (χ1v) is 12.6. The van der Waals surface area contributed by atoms with Gasteiger partial charge >= 0.3 is 11.9 Å². The highest BCUT2D eigenvalue weighted by Crippen LogP contribution is 2.42. The molecule has 0 spiro atoms. The Labute approximate surface area is 209 Å². The van der Waals surface area contributed by atoms with E-state index >= 15 is 0 Å². The fraction of sp³-hybridized carbons (Fsp3) is 0.429. The van der Waals surface area contributed by atoms with Gasteiger partial charge in [-0.05, 0) is 39.2 Å². The maximum absolute atomic E-state index is 13.1. The van der Waals surface area contributed by atoms with Gasteiger partial charge in [-0.2, -0.15) is 0 Å². The van der Waals surface area contributed by atoms with Crippen molar-refractivity contribution in [1.29, 1.82) is 0 Å². The first-order valence-electron chi connectivity index (χ1n) is 10.3. The molecule has 0 aromatic carbocycles. The summed E-state index contributed by atoms with van der Waals surface area (Å²) in [7, 11) is 0. The molecule has 1 unspecified atom stereocenters. The molecule has 2 atom stereocenters. The van der Waals surface area contributed by atoms with Crippen LogP contribution in [0.2, 0.25) is 0 Å². The van der Waals surface area contributed by atoms with E-state index in [1.807, 2.05) is 0 Å². The number of esters is 1. The lowest BCUT2D eigenvalue weighted by molar-refractivity contribution is -0.160. The number of nitrogen functional groups attached to an aromatic ring is 1. The molecule has 0 aliphatic carbocycles. The highest BCUT2D eigenvalue weighted by atomic mass is 32.2. The fourth-order valence-corrected chi connectivity index (χ4v) is 5.51. The molecule has 2 aliphatic rings. The average molecular weight is 524 g/mol. The van der Waals surface area contributed by atoms with E-state index in [9.17, 15) is 24.3 Å². The maximum atomic E-state index is 13.1. The number of carbonyl (C=O) groups is 4. The molecule has 4 N–H and O–H groups in total. The molecule has 2 amide bonds. The monoisotopic (exact) mass is 523 g/mol. The topological polar surface area (TPSA) is 174 Å². The number of nitrogens with two attached hydrogens (primary N) is 1. The number of nitrogens with zero attached hydrogens (tertiary/aromatic N) is 3. The number of aromatic nitrogens is 1. The third kappa shape index (κ3) is 6.06. The Balaban J connectivity index is 1.78. The number of carboxylic acid groups (broad SMARTS) is 1. The largest absolute Gasteiger partial charge is 0.477 e. The van der Waals surface area contributed by atoms with Gasteiger partial charge in [0, 0.05) is 10.7 Å². The molecule has 35 heavy (non-hydrogen) atoms. The van der Waals surface area contributed by atoms with Crippen LogP contribution < -0.4 is 11.1 Å². The van der Waals surface area contributed by atoms with E-state index in [0.717, 1.165) is 0 Å². The van der Waals surface area contributed by atoms with E-state index in [1.54, 1.807) is 33.1 Å². The number of hydrogen-bond acceptors (Lipinski definition) is 11. The second-order valence-corrected chi connectivity index (χ2v) is 10.4. The van der Waals surface area contributed by atoms with E-state index < -0.39 is 47.4 Å². The summed E-state index contributed by atoms with van der Waals surface area (Å²) < 4.78 is 5.14. The second-order valence-electron chi connectivity index (χ2n) is 8.39. The highest BCUT2D eigenvalue weighted by Gasteiger charge is 2.54. The highest BCUT2D eigenvalue weighted by molar-refractivity contribution is 8.05. The minimum Gasteiger partial charge on any atom is -0.477 e. The predicted molar refractivity (Wildman–Crippen MR) is 130 cm³/mol. The van der Waals surface area contributed by atoms with Crippen LogP contribution in [0.25, 0.3) is 0 Å². The molecule has 188 valence electrons. The number of oxime groups is 1. The number of aliphatic carboxylic acids is 1. The first kappa shape index (κ1) is 26.3. The van der Waals surface area contributed by atoms with Crippen LogP contribution in [0.4, 0.5) is 5.82 Å². The maximum Gasteiger partial charge on any atom is 0.353 e. The molecular weight excluding hydrogens is 498 g/mol. The molecule has 3 rings (SSSR count). The zero-order valence-electron chi connectivity index (χ0n) is 19.4. The number of hydrogen-bond donors (Lipinski definition) is 3. The number of amides is 2. The Morgan fingerprint density at radius 2 is 2.09 bits per heavy atom. The molecule has 0 radical (unpaired) electrons. The van der Waals surface area contributed by atoms with Crippen LogP contribution in [0.1, 0.15) is 26.5 Å². The molecule has 12 nitrogen and oxygen atoms in total. The molecule has 14 heteroatoms. The summed E-state index contributed by atoms with van der Waals surface area (Å²) in [4.78, 5) is 60.3. The Kier molecular flexibility index (Phi) is 7.95. The number of nitrogens with one attached hydrogen (secondary N) is 1. The van der Waals surface area contributed by atoms with Gasteiger partial charge in [0.15, 0.2) is 5.71 Å². The normalized spacial score (nSPS) is 20.1. The van der Waals surface area contributed by atoms with Crippen LogP contribution in [0, 0.1) is 0 Å². The summed E-state index contributed by atoms with van der Waals surface area (Å²) in [5, 5.41) is 15.3. The van der Waals surface area contributed by atoms with Crippen molar-refractivity contribution in [2.45, 2.75) is 37.8 Å². The van der Waals surface area contributed by atoms with Crippen molar-refractivity contribution in [2.24, 2.45) is 5.16 Å². The van der Waals surface area contributed by atoms with Crippen molar-refractivity contribution < 1.29 is 33.9 Å². The minimum atomic E-state index is -1.21. The zero-order valence-corrected chi connectivity index (χ0v) is 21.1. The number of ether oxygens (including phenoxy) is 1. The number of carboxylic acids is 1. The van der Waals surface area contributed by atoms with E-state index in [4.69, 9.17) is 15.3 Å². The molecule has 0 saturated carbocycles. The van der Waals surface area contributed by atoms with E-state index in [2.05, 4.69) is 15.5 Å². The lowest BCUT2D eigenvalue weighted by Crippen LogP contribution is -2.71. The van der Waals surface area contributed by atoms with Crippen molar-refractivity contribution >= 4 is 58.8 Å². The van der Waals surface area contributed by atoms with Gasteiger partial charge < -0.3 is 25.7 Å². The van der Waals surface area contributed by atoms with Crippen molar-refractivity contribution in [3.05, 3.63) is 34.5 Å². The van der Waals surface area contributed by atoms with Crippen LogP contribution in [0.3, 0.4) is 0 Å². The average Bonchev–Trinajstić information content (AvgIpc) is 2.77. The van der Waals surface area contributed by atoms with Crippen molar-refractivity contribution in [2.75, 3.05) is 24.3 Å². The van der Waals surface area contributed by atoms with Gasteiger partial charge in [0.05, 0.1) is 0 Å². The summed E-state index contributed by atoms with van der Waals surface area (Å²) >= 11 is 2.60. The van der Waals surface area contributed by atoms with Crippen LogP contribution in [-0.4, -0.2) is 80.1 Å². The van der Waals surface area contributed by atoms with Crippen molar-refractivity contribution in [3.8, 4) is 0 Å².